The Morgan fingerprint density at radius 2 is 1.87 bits per heavy atom. The second-order valence-electron chi connectivity index (χ2n) is 6.45. The fourth-order valence-electron chi connectivity index (χ4n) is 3.84. The van der Waals surface area contributed by atoms with E-state index in [0.29, 0.717) is 28.9 Å². The number of nitrogens with zero attached hydrogens (tertiary/aromatic N) is 2. The summed E-state index contributed by atoms with van der Waals surface area (Å²) in [5.74, 6) is 2.73. The number of amides is 1. The normalized spacial score (nSPS) is 22.9. The third kappa shape index (κ3) is 2.81. The number of hydrogen-bond acceptors (Lipinski definition) is 3. The summed E-state index contributed by atoms with van der Waals surface area (Å²) < 4.78 is 5.87. The Morgan fingerprint density at radius 1 is 1.09 bits per heavy atom. The van der Waals surface area contributed by atoms with Gasteiger partial charge in [-0.2, -0.15) is 0 Å². The van der Waals surface area contributed by atoms with E-state index < -0.39 is 0 Å². The van der Waals surface area contributed by atoms with E-state index in [0.717, 1.165) is 13.1 Å². The van der Waals surface area contributed by atoms with Gasteiger partial charge >= 0.3 is 0 Å². The molecule has 2 unspecified atom stereocenters. The van der Waals surface area contributed by atoms with Crippen LogP contribution in [0.4, 0.5) is 0 Å². The highest BCUT2D eigenvalue weighted by Gasteiger charge is 2.38. The Morgan fingerprint density at radius 3 is 2.61 bits per heavy atom. The minimum absolute atomic E-state index is 0.0823. The molecule has 118 valence electrons. The first-order valence-corrected chi connectivity index (χ1v) is 8.27. The van der Waals surface area contributed by atoms with Gasteiger partial charge in [0.1, 0.15) is 11.5 Å². The number of pyridine rings is 1. The largest absolute Gasteiger partial charge is 0.455 e. The maximum atomic E-state index is 12.9. The summed E-state index contributed by atoms with van der Waals surface area (Å²) in [6.45, 7) is 1.79. The maximum absolute atomic E-state index is 12.9. The molecule has 2 aliphatic rings. The van der Waals surface area contributed by atoms with Gasteiger partial charge in [0, 0.05) is 19.3 Å². The standard InChI is InChI=1S/C19H20N2O2/c22-19(21-12-14-5-3-6-15(14)13-21)17-8-1-2-9-18(17)23-16-7-4-10-20-11-16/h1-2,4,7-11,14-15H,3,5-6,12-13H2. The number of hydrogen-bond donors (Lipinski definition) is 0. The highest BCUT2D eigenvalue weighted by atomic mass is 16.5. The van der Waals surface area contributed by atoms with Gasteiger partial charge in [0.2, 0.25) is 0 Å². The molecule has 2 aromatic rings. The van der Waals surface area contributed by atoms with Crippen LogP contribution in [0, 0.1) is 11.8 Å². The van der Waals surface area contributed by atoms with Crippen molar-refractivity contribution in [2.24, 2.45) is 11.8 Å². The van der Waals surface area contributed by atoms with E-state index in [4.69, 9.17) is 4.74 Å². The van der Waals surface area contributed by atoms with Crippen molar-refractivity contribution in [3.05, 3.63) is 54.4 Å². The molecule has 1 saturated heterocycles. The first kappa shape index (κ1) is 14.2. The number of para-hydroxylation sites is 1. The Labute approximate surface area is 136 Å². The number of fused-ring (bicyclic) bond motifs is 1. The molecule has 0 radical (unpaired) electrons. The van der Waals surface area contributed by atoms with Crippen LogP contribution in [0.15, 0.2) is 48.8 Å². The van der Waals surface area contributed by atoms with Gasteiger partial charge in [-0.3, -0.25) is 9.78 Å². The number of benzene rings is 1. The van der Waals surface area contributed by atoms with Gasteiger partial charge in [-0.1, -0.05) is 18.6 Å². The SMILES string of the molecule is O=C(c1ccccc1Oc1cccnc1)N1CC2CCCC2C1. The second-order valence-corrected chi connectivity index (χ2v) is 6.45. The Kier molecular flexibility index (Phi) is 3.74. The smallest absolute Gasteiger partial charge is 0.257 e. The van der Waals surface area contributed by atoms with Crippen LogP contribution in [0.5, 0.6) is 11.5 Å². The number of carbonyl (C=O) groups is 1. The molecule has 1 aliphatic carbocycles. The van der Waals surface area contributed by atoms with Crippen LogP contribution in [-0.4, -0.2) is 28.9 Å². The van der Waals surface area contributed by atoms with Crippen molar-refractivity contribution >= 4 is 5.91 Å². The van der Waals surface area contributed by atoms with Gasteiger partial charge in [-0.05, 0) is 48.9 Å². The monoisotopic (exact) mass is 308 g/mol. The summed E-state index contributed by atoms with van der Waals surface area (Å²) in [5.41, 5.74) is 0.635. The van der Waals surface area contributed by atoms with Gasteiger partial charge in [0.25, 0.3) is 5.91 Å². The Bertz CT molecular complexity index is 690. The predicted molar refractivity (Wildman–Crippen MR) is 87.5 cm³/mol. The van der Waals surface area contributed by atoms with E-state index >= 15 is 0 Å². The lowest BCUT2D eigenvalue weighted by molar-refractivity contribution is 0.0778. The molecule has 4 rings (SSSR count). The molecular weight excluding hydrogens is 288 g/mol. The highest BCUT2D eigenvalue weighted by molar-refractivity contribution is 5.97. The van der Waals surface area contributed by atoms with E-state index in [2.05, 4.69) is 4.98 Å². The number of ether oxygens (including phenoxy) is 1. The van der Waals surface area contributed by atoms with Crippen LogP contribution >= 0.6 is 0 Å². The van der Waals surface area contributed by atoms with E-state index in [9.17, 15) is 4.79 Å². The molecule has 1 saturated carbocycles. The van der Waals surface area contributed by atoms with E-state index in [1.54, 1.807) is 12.4 Å². The van der Waals surface area contributed by atoms with Gasteiger partial charge in [0.15, 0.2) is 0 Å². The van der Waals surface area contributed by atoms with E-state index in [1.807, 2.05) is 41.3 Å². The summed E-state index contributed by atoms with van der Waals surface area (Å²) in [4.78, 5) is 19.0. The lowest BCUT2D eigenvalue weighted by atomic mass is 10.0. The van der Waals surface area contributed by atoms with Crippen molar-refractivity contribution in [1.29, 1.82) is 0 Å². The molecule has 1 amide bonds. The maximum Gasteiger partial charge on any atom is 0.257 e. The molecule has 23 heavy (non-hydrogen) atoms. The van der Waals surface area contributed by atoms with Crippen molar-refractivity contribution in [2.75, 3.05) is 13.1 Å². The Hall–Kier alpha value is -2.36. The average molecular weight is 308 g/mol. The van der Waals surface area contributed by atoms with Gasteiger partial charge in [-0.25, -0.2) is 0 Å². The van der Waals surface area contributed by atoms with Crippen LogP contribution in [0.1, 0.15) is 29.6 Å². The highest BCUT2D eigenvalue weighted by Crippen LogP contribution is 2.38. The minimum Gasteiger partial charge on any atom is -0.455 e. The van der Waals surface area contributed by atoms with Gasteiger partial charge in [0.05, 0.1) is 11.8 Å². The number of carbonyl (C=O) groups excluding carboxylic acids is 1. The van der Waals surface area contributed by atoms with Crippen LogP contribution < -0.4 is 4.74 Å². The molecule has 2 fully saturated rings. The van der Waals surface area contributed by atoms with Crippen LogP contribution in [-0.2, 0) is 0 Å². The van der Waals surface area contributed by atoms with Crippen molar-refractivity contribution in [2.45, 2.75) is 19.3 Å². The zero-order chi connectivity index (χ0) is 15.6. The quantitative estimate of drug-likeness (QED) is 0.867. The van der Waals surface area contributed by atoms with E-state index in [-0.39, 0.29) is 5.91 Å². The molecule has 4 nitrogen and oxygen atoms in total. The number of aromatic nitrogens is 1. The molecule has 0 spiro atoms. The molecule has 1 aromatic heterocycles. The van der Waals surface area contributed by atoms with E-state index in [1.165, 1.54) is 19.3 Å². The topological polar surface area (TPSA) is 42.4 Å². The second kappa shape index (κ2) is 6.03. The van der Waals surface area contributed by atoms with Crippen molar-refractivity contribution in [3.8, 4) is 11.5 Å². The number of likely N-dealkylation sites (tertiary alicyclic amines) is 1. The molecule has 0 bridgehead atoms. The summed E-state index contributed by atoms with van der Waals surface area (Å²) in [7, 11) is 0. The molecule has 4 heteroatoms. The fraction of sp³-hybridized carbons (Fsp3) is 0.368. The number of rotatable bonds is 3. The van der Waals surface area contributed by atoms with Crippen molar-refractivity contribution in [3.63, 3.8) is 0 Å². The van der Waals surface area contributed by atoms with Gasteiger partial charge in [-0.15, -0.1) is 0 Å². The third-order valence-corrected chi connectivity index (χ3v) is 4.99. The van der Waals surface area contributed by atoms with Crippen LogP contribution in [0.3, 0.4) is 0 Å². The Balaban J connectivity index is 1.55. The predicted octanol–water partition coefficient (Wildman–Crippen LogP) is 3.75. The zero-order valence-corrected chi connectivity index (χ0v) is 13.0. The first-order valence-electron chi connectivity index (χ1n) is 8.27. The summed E-state index contributed by atoms with van der Waals surface area (Å²) in [5, 5.41) is 0. The first-order chi connectivity index (χ1) is 11.3. The van der Waals surface area contributed by atoms with Crippen LogP contribution in [0.25, 0.3) is 0 Å². The average Bonchev–Trinajstić information content (AvgIpc) is 3.17. The fourth-order valence-corrected chi connectivity index (χ4v) is 3.84. The molecule has 0 N–H and O–H groups in total. The van der Waals surface area contributed by atoms with Crippen LogP contribution in [0.2, 0.25) is 0 Å². The lowest BCUT2D eigenvalue weighted by Gasteiger charge is -2.19. The lowest BCUT2D eigenvalue weighted by Crippen LogP contribution is -2.29. The minimum atomic E-state index is 0.0823. The molecule has 1 aliphatic heterocycles. The van der Waals surface area contributed by atoms with Crippen molar-refractivity contribution < 1.29 is 9.53 Å². The summed E-state index contributed by atoms with van der Waals surface area (Å²) >= 11 is 0. The summed E-state index contributed by atoms with van der Waals surface area (Å²) in [6.07, 6.45) is 7.21. The third-order valence-electron chi connectivity index (χ3n) is 4.99. The molecule has 2 atom stereocenters. The van der Waals surface area contributed by atoms with Gasteiger partial charge < -0.3 is 9.64 Å². The molecule has 2 heterocycles. The molecular formula is C19H20N2O2. The molecule has 1 aromatic carbocycles. The van der Waals surface area contributed by atoms with Crippen molar-refractivity contribution in [1.82, 2.24) is 9.88 Å². The summed E-state index contributed by atoms with van der Waals surface area (Å²) in [6, 6.07) is 11.1. The zero-order valence-electron chi connectivity index (χ0n) is 13.0.